The molecule has 2 aromatic rings. The second kappa shape index (κ2) is 3.27. The fraction of sp³-hybridized carbons (Fsp3) is 0. The summed E-state index contributed by atoms with van der Waals surface area (Å²) in [6, 6.07) is 6.34. The van der Waals surface area contributed by atoms with Crippen molar-refractivity contribution in [3.05, 3.63) is 36.0 Å². The van der Waals surface area contributed by atoms with Gasteiger partial charge in [0.1, 0.15) is 5.75 Å². The Kier molecular flexibility index (Phi) is 2.09. The molecule has 70 valence electrons. The maximum atomic E-state index is 11.0. The van der Waals surface area contributed by atoms with Crippen molar-refractivity contribution in [3.8, 4) is 5.75 Å². The standard InChI is InChI=1S/C10H6ClNO2/c11-10(14)6-4-5-12-7-2-1-3-8(13)9(6)7/h1-5,13H. The summed E-state index contributed by atoms with van der Waals surface area (Å²) in [5, 5.41) is 9.35. The van der Waals surface area contributed by atoms with Crippen LogP contribution in [0.2, 0.25) is 0 Å². The van der Waals surface area contributed by atoms with Gasteiger partial charge in [0.15, 0.2) is 0 Å². The molecule has 0 bridgehead atoms. The summed E-state index contributed by atoms with van der Waals surface area (Å²) in [6.07, 6.45) is 1.48. The van der Waals surface area contributed by atoms with E-state index in [0.29, 0.717) is 10.9 Å². The summed E-state index contributed by atoms with van der Waals surface area (Å²) in [5.41, 5.74) is 0.825. The molecule has 0 atom stereocenters. The van der Waals surface area contributed by atoms with E-state index in [1.807, 2.05) is 0 Å². The van der Waals surface area contributed by atoms with E-state index in [2.05, 4.69) is 4.98 Å². The maximum Gasteiger partial charge on any atom is 0.253 e. The van der Waals surface area contributed by atoms with Crippen molar-refractivity contribution < 1.29 is 9.90 Å². The van der Waals surface area contributed by atoms with E-state index in [9.17, 15) is 9.90 Å². The smallest absolute Gasteiger partial charge is 0.253 e. The van der Waals surface area contributed by atoms with Crippen LogP contribution in [0, 0.1) is 0 Å². The van der Waals surface area contributed by atoms with E-state index >= 15 is 0 Å². The molecular formula is C10H6ClNO2. The van der Waals surface area contributed by atoms with Crippen LogP contribution in [-0.2, 0) is 0 Å². The normalized spacial score (nSPS) is 10.4. The average Bonchev–Trinajstić information content (AvgIpc) is 2.17. The highest BCUT2D eigenvalue weighted by Crippen LogP contribution is 2.27. The van der Waals surface area contributed by atoms with E-state index in [1.165, 1.54) is 18.3 Å². The summed E-state index contributed by atoms with van der Waals surface area (Å²) < 4.78 is 0. The van der Waals surface area contributed by atoms with E-state index in [0.717, 1.165) is 0 Å². The third kappa shape index (κ3) is 1.32. The average molecular weight is 208 g/mol. The van der Waals surface area contributed by atoms with Crippen LogP contribution >= 0.6 is 11.6 Å². The molecule has 0 saturated carbocycles. The van der Waals surface area contributed by atoms with Crippen LogP contribution in [-0.4, -0.2) is 15.3 Å². The largest absolute Gasteiger partial charge is 0.507 e. The Hall–Kier alpha value is -1.61. The van der Waals surface area contributed by atoms with Crippen molar-refractivity contribution in [3.63, 3.8) is 0 Å². The predicted octanol–water partition coefficient (Wildman–Crippen LogP) is 2.32. The van der Waals surface area contributed by atoms with Gasteiger partial charge in [0.05, 0.1) is 10.9 Å². The lowest BCUT2D eigenvalue weighted by molar-refractivity contribution is 0.108. The van der Waals surface area contributed by atoms with Crippen molar-refractivity contribution in [2.45, 2.75) is 0 Å². The van der Waals surface area contributed by atoms with Gasteiger partial charge in [0.25, 0.3) is 5.24 Å². The molecule has 0 unspecified atom stereocenters. The summed E-state index contributed by atoms with van der Waals surface area (Å²) in [5.74, 6) is 0.0135. The maximum absolute atomic E-state index is 11.0. The van der Waals surface area contributed by atoms with Crippen molar-refractivity contribution in [2.75, 3.05) is 0 Å². The third-order valence-corrected chi connectivity index (χ3v) is 2.16. The minimum Gasteiger partial charge on any atom is -0.507 e. The number of fused-ring (bicyclic) bond motifs is 1. The summed E-state index contributed by atoms with van der Waals surface area (Å²) >= 11 is 5.38. The molecule has 0 fully saturated rings. The number of rotatable bonds is 1. The first-order valence-electron chi connectivity index (χ1n) is 3.96. The van der Waals surface area contributed by atoms with Gasteiger partial charge >= 0.3 is 0 Å². The zero-order valence-electron chi connectivity index (χ0n) is 7.07. The molecule has 1 aromatic heterocycles. The van der Waals surface area contributed by atoms with E-state index in [4.69, 9.17) is 11.6 Å². The Morgan fingerprint density at radius 1 is 1.36 bits per heavy atom. The molecule has 1 heterocycles. The molecule has 0 radical (unpaired) electrons. The molecule has 1 N–H and O–H groups in total. The number of pyridine rings is 1. The molecule has 14 heavy (non-hydrogen) atoms. The van der Waals surface area contributed by atoms with Crippen LogP contribution in [0.5, 0.6) is 5.75 Å². The molecule has 0 aliphatic rings. The lowest BCUT2D eigenvalue weighted by Crippen LogP contribution is -1.92. The van der Waals surface area contributed by atoms with Gasteiger partial charge in [-0.3, -0.25) is 9.78 Å². The van der Waals surface area contributed by atoms with E-state index in [-0.39, 0.29) is 11.3 Å². The first kappa shape index (κ1) is 8.97. The summed E-state index contributed by atoms with van der Waals surface area (Å²) in [7, 11) is 0. The fourth-order valence-electron chi connectivity index (χ4n) is 1.35. The number of carbonyl (C=O) groups is 1. The molecule has 0 amide bonds. The molecule has 1 aromatic carbocycles. The fourth-order valence-corrected chi connectivity index (χ4v) is 1.51. The second-order valence-corrected chi connectivity index (χ2v) is 3.15. The van der Waals surface area contributed by atoms with Crippen molar-refractivity contribution in [1.29, 1.82) is 0 Å². The topological polar surface area (TPSA) is 50.2 Å². The van der Waals surface area contributed by atoms with Crippen LogP contribution in [0.3, 0.4) is 0 Å². The highest BCUT2D eigenvalue weighted by atomic mass is 35.5. The summed E-state index contributed by atoms with van der Waals surface area (Å²) in [6.45, 7) is 0. The summed E-state index contributed by atoms with van der Waals surface area (Å²) in [4.78, 5) is 15.1. The molecule has 0 aliphatic carbocycles. The SMILES string of the molecule is O=C(Cl)c1ccnc2cccc(O)c12. The Labute approximate surface area is 85.0 Å². The monoisotopic (exact) mass is 207 g/mol. The Morgan fingerprint density at radius 2 is 2.14 bits per heavy atom. The quantitative estimate of drug-likeness (QED) is 0.731. The Bertz CT molecular complexity index is 505. The van der Waals surface area contributed by atoms with Gasteiger partial charge in [-0.15, -0.1) is 0 Å². The van der Waals surface area contributed by atoms with Gasteiger partial charge in [-0.2, -0.15) is 0 Å². The number of halogens is 1. The molecule has 0 saturated heterocycles. The van der Waals surface area contributed by atoms with Crippen LogP contribution in [0.4, 0.5) is 0 Å². The zero-order chi connectivity index (χ0) is 10.1. The van der Waals surface area contributed by atoms with Crippen LogP contribution < -0.4 is 0 Å². The number of phenols is 1. The van der Waals surface area contributed by atoms with Crippen molar-refractivity contribution >= 4 is 27.7 Å². The Balaban J connectivity index is 2.91. The minimum atomic E-state index is -0.598. The molecule has 3 nitrogen and oxygen atoms in total. The highest BCUT2D eigenvalue weighted by Gasteiger charge is 2.10. The van der Waals surface area contributed by atoms with Crippen LogP contribution in [0.15, 0.2) is 30.5 Å². The van der Waals surface area contributed by atoms with Crippen LogP contribution in [0.25, 0.3) is 10.9 Å². The van der Waals surface area contributed by atoms with Gasteiger partial charge in [-0.25, -0.2) is 0 Å². The minimum absolute atomic E-state index is 0.0135. The molecule has 2 rings (SSSR count). The molecule has 0 aliphatic heterocycles. The van der Waals surface area contributed by atoms with Gasteiger partial charge in [0.2, 0.25) is 0 Å². The van der Waals surface area contributed by atoms with Gasteiger partial charge in [-0.05, 0) is 29.8 Å². The second-order valence-electron chi connectivity index (χ2n) is 2.80. The molecule has 0 spiro atoms. The lowest BCUT2D eigenvalue weighted by Gasteiger charge is -2.02. The highest BCUT2D eigenvalue weighted by molar-refractivity contribution is 6.68. The number of aromatic hydroxyl groups is 1. The number of hydrogen-bond acceptors (Lipinski definition) is 3. The third-order valence-electron chi connectivity index (χ3n) is 1.96. The number of hydrogen-bond donors (Lipinski definition) is 1. The molecule has 4 heteroatoms. The van der Waals surface area contributed by atoms with E-state index in [1.54, 1.807) is 12.1 Å². The number of nitrogens with zero attached hydrogens (tertiary/aromatic N) is 1. The number of aromatic nitrogens is 1. The van der Waals surface area contributed by atoms with Crippen molar-refractivity contribution in [1.82, 2.24) is 4.98 Å². The predicted molar refractivity (Wildman–Crippen MR) is 53.6 cm³/mol. The van der Waals surface area contributed by atoms with Gasteiger partial charge in [0, 0.05) is 11.8 Å². The van der Waals surface area contributed by atoms with Crippen molar-refractivity contribution in [2.24, 2.45) is 0 Å². The lowest BCUT2D eigenvalue weighted by atomic mass is 10.1. The van der Waals surface area contributed by atoms with Crippen LogP contribution in [0.1, 0.15) is 10.4 Å². The first-order valence-corrected chi connectivity index (χ1v) is 4.34. The Morgan fingerprint density at radius 3 is 2.86 bits per heavy atom. The van der Waals surface area contributed by atoms with Gasteiger partial charge in [-0.1, -0.05) is 6.07 Å². The zero-order valence-corrected chi connectivity index (χ0v) is 7.82. The number of benzene rings is 1. The first-order chi connectivity index (χ1) is 6.70. The number of phenolic OH excluding ortho intramolecular Hbond substituents is 1. The van der Waals surface area contributed by atoms with E-state index < -0.39 is 5.24 Å². The number of carbonyl (C=O) groups excluding carboxylic acids is 1. The molecular weight excluding hydrogens is 202 g/mol. The van der Waals surface area contributed by atoms with Gasteiger partial charge < -0.3 is 5.11 Å².